The Kier molecular flexibility index (Phi) is 5.24. The first-order valence-corrected chi connectivity index (χ1v) is 7.42. The van der Waals surface area contributed by atoms with Crippen LogP contribution < -0.4 is 5.32 Å². The predicted molar refractivity (Wildman–Crippen MR) is 83.4 cm³/mol. The molecule has 0 unspecified atom stereocenters. The molecule has 1 amide bonds. The van der Waals surface area contributed by atoms with Gasteiger partial charge >= 0.3 is 0 Å². The van der Waals surface area contributed by atoms with E-state index >= 15 is 0 Å². The lowest BCUT2D eigenvalue weighted by molar-refractivity contribution is -0.117. The molecule has 0 aliphatic carbocycles. The third kappa shape index (κ3) is 4.26. The van der Waals surface area contributed by atoms with Crippen molar-refractivity contribution in [1.82, 2.24) is 10.3 Å². The van der Waals surface area contributed by atoms with Crippen molar-refractivity contribution in [2.24, 2.45) is 0 Å². The third-order valence-corrected chi connectivity index (χ3v) is 4.06. The van der Waals surface area contributed by atoms with Gasteiger partial charge in [0.15, 0.2) is 0 Å². The Morgan fingerprint density at radius 2 is 2.14 bits per heavy atom. The van der Waals surface area contributed by atoms with Crippen molar-refractivity contribution in [1.29, 1.82) is 5.26 Å². The fourth-order valence-electron chi connectivity index (χ4n) is 1.73. The zero-order valence-corrected chi connectivity index (χ0v) is 12.5. The van der Waals surface area contributed by atoms with Crippen LogP contribution in [-0.2, 0) is 17.8 Å². The molecule has 0 saturated heterocycles. The van der Waals surface area contributed by atoms with E-state index in [4.69, 9.17) is 5.26 Å². The number of hydrogen-bond acceptors (Lipinski definition) is 4. The van der Waals surface area contributed by atoms with E-state index in [1.54, 1.807) is 29.8 Å². The van der Waals surface area contributed by atoms with Crippen LogP contribution in [0.4, 0.5) is 0 Å². The van der Waals surface area contributed by atoms with Gasteiger partial charge in [0.2, 0.25) is 0 Å². The molecule has 0 aliphatic rings. The molecule has 1 N–H and O–H groups in total. The van der Waals surface area contributed by atoms with Crippen LogP contribution in [0, 0.1) is 11.3 Å². The van der Waals surface area contributed by atoms with Gasteiger partial charge in [-0.3, -0.25) is 9.78 Å². The number of carbonyl (C=O) groups excluding carboxylic acids is 1. The van der Waals surface area contributed by atoms with Crippen molar-refractivity contribution in [2.75, 3.05) is 0 Å². The quantitative estimate of drug-likeness (QED) is 0.681. The Hall–Kier alpha value is -2.45. The Morgan fingerprint density at radius 1 is 1.38 bits per heavy atom. The summed E-state index contributed by atoms with van der Waals surface area (Å²) >= 11 is 1.59. The van der Waals surface area contributed by atoms with Crippen LogP contribution in [0.15, 0.2) is 42.2 Å². The number of pyridine rings is 1. The molecule has 106 valence electrons. The van der Waals surface area contributed by atoms with Gasteiger partial charge in [-0.2, -0.15) is 5.26 Å². The van der Waals surface area contributed by atoms with Gasteiger partial charge in [-0.25, -0.2) is 0 Å². The van der Waals surface area contributed by atoms with E-state index in [-0.39, 0.29) is 11.5 Å². The summed E-state index contributed by atoms with van der Waals surface area (Å²) in [5, 5.41) is 11.9. The molecule has 0 aromatic carbocycles. The maximum Gasteiger partial charge on any atom is 0.262 e. The lowest BCUT2D eigenvalue weighted by Crippen LogP contribution is -2.23. The number of aromatic nitrogens is 1. The first-order chi connectivity index (χ1) is 10.2. The van der Waals surface area contributed by atoms with Gasteiger partial charge in [0, 0.05) is 28.7 Å². The highest BCUT2D eigenvalue weighted by atomic mass is 32.1. The summed E-state index contributed by atoms with van der Waals surface area (Å²) in [6.45, 7) is 2.46. The molecular weight excluding hydrogens is 282 g/mol. The summed E-state index contributed by atoms with van der Waals surface area (Å²) in [7, 11) is 0. The highest BCUT2D eigenvalue weighted by Gasteiger charge is 2.09. The van der Waals surface area contributed by atoms with Gasteiger partial charge in [-0.15, -0.1) is 11.3 Å². The molecule has 0 bridgehead atoms. The SMILES string of the molecule is CCc1ccc(/C=C(\C#N)C(=O)NCc2ccncc2)s1. The fourth-order valence-corrected chi connectivity index (χ4v) is 2.63. The monoisotopic (exact) mass is 297 g/mol. The van der Waals surface area contributed by atoms with Crippen molar-refractivity contribution in [2.45, 2.75) is 19.9 Å². The second-order valence-corrected chi connectivity index (χ2v) is 5.57. The number of nitrogens with one attached hydrogen (secondary N) is 1. The molecule has 0 saturated carbocycles. The average molecular weight is 297 g/mol. The van der Waals surface area contributed by atoms with Crippen molar-refractivity contribution in [3.63, 3.8) is 0 Å². The number of carbonyl (C=O) groups is 1. The van der Waals surface area contributed by atoms with Gasteiger partial charge in [0.05, 0.1) is 0 Å². The molecule has 2 aromatic heterocycles. The van der Waals surface area contributed by atoms with Crippen LogP contribution in [0.3, 0.4) is 0 Å². The van der Waals surface area contributed by atoms with E-state index in [1.807, 2.05) is 30.3 Å². The average Bonchev–Trinajstić information content (AvgIpc) is 2.99. The molecule has 0 aliphatic heterocycles. The largest absolute Gasteiger partial charge is 0.347 e. The van der Waals surface area contributed by atoms with Crippen LogP contribution in [0.2, 0.25) is 0 Å². The summed E-state index contributed by atoms with van der Waals surface area (Å²) in [6.07, 6.45) is 5.92. The second kappa shape index (κ2) is 7.36. The first kappa shape index (κ1) is 14.9. The highest BCUT2D eigenvalue weighted by molar-refractivity contribution is 7.12. The Labute approximate surface area is 127 Å². The number of nitriles is 1. The van der Waals surface area contributed by atoms with Gasteiger partial charge in [0.1, 0.15) is 11.6 Å². The van der Waals surface area contributed by atoms with Crippen LogP contribution in [-0.4, -0.2) is 10.9 Å². The number of thiophene rings is 1. The Balaban J connectivity index is 2.03. The Morgan fingerprint density at radius 3 is 2.76 bits per heavy atom. The minimum absolute atomic E-state index is 0.119. The molecule has 0 atom stereocenters. The van der Waals surface area contributed by atoms with E-state index in [0.717, 1.165) is 16.9 Å². The second-order valence-electron chi connectivity index (χ2n) is 4.37. The molecule has 0 fully saturated rings. The zero-order chi connectivity index (χ0) is 15.1. The molecule has 4 nitrogen and oxygen atoms in total. The molecule has 2 heterocycles. The van der Waals surface area contributed by atoms with Crippen LogP contribution in [0.1, 0.15) is 22.2 Å². The van der Waals surface area contributed by atoms with Crippen molar-refractivity contribution < 1.29 is 4.79 Å². The van der Waals surface area contributed by atoms with Crippen molar-refractivity contribution >= 4 is 23.3 Å². The summed E-state index contributed by atoms with van der Waals surface area (Å²) in [5.74, 6) is -0.360. The lowest BCUT2D eigenvalue weighted by Gasteiger charge is -2.03. The fraction of sp³-hybridized carbons (Fsp3) is 0.188. The summed E-state index contributed by atoms with van der Waals surface area (Å²) in [6, 6.07) is 9.54. The molecule has 5 heteroatoms. The lowest BCUT2D eigenvalue weighted by atomic mass is 10.2. The van der Waals surface area contributed by atoms with E-state index in [1.165, 1.54) is 4.88 Å². The molecule has 0 spiro atoms. The predicted octanol–water partition coefficient (Wildman–Crippen LogP) is 2.93. The summed E-state index contributed by atoms with van der Waals surface area (Å²) in [4.78, 5) is 18.1. The van der Waals surface area contributed by atoms with Crippen molar-refractivity contribution in [3.05, 3.63) is 57.6 Å². The maximum atomic E-state index is 12.0. The molecular formula is C16H15N3OS. The number of amides is 1. The van der Waals surface area contributed by atoms with E-state index in [9.17, 15) is 4.79 Å². The minimum Gasteiger partial charge on any atom is -0.347 e. The zero-order valence-electron chi connectivity index (χ0n) is 11.7. The Bertz CT molecular complexity index is 683. The van der Waals surface area contributed by atoms with Crippen LogP contribution >= 0.6 is 11.3 Å². The van der Waals surface area contributed by atoms with Gasteiger partial charge < -0.3 is 5.32 Å². The highest BCUT2D eigenvalue weighted by Crippen LogP contribution is 2.19. The number of rotatable bonds is 5. The summed E-state index contributed by atoms with van der Waals surface area (Å²) < 4.78 is 0. The maximum absolute atomic E-state index is 12.0. The molecule has 21 heavy (non-hydrogen) atoms. The van der Waals surface area contributed by atoms with Crippen molar-refractivity contribution in [3.8, 4) is 6.07 Å². The molecule has 0 radical (unpaired) electrons. The minimum atomic E-state index is -0.360. The third-order valence-electron chi connectivity index (χ3n) is 2.88. The van der Waals surface area contributed by atoms with Gasteiger partial charge in [-0.1, -0.05) is 6.92 Å². The number of nitrogens with zero attached hydrogens (tertiary/aromatic N) is 2. The normalized spacial score (nSPS) is 11.0. The molecule has 2 rings (SSSR count). The van der Waals surface area contributed by atoms with Gasteiger partial charge in [-0.05, 0) is 42.3 Å². The van der Waals surface area contributed by atoms with Gasteiger partial charge in [0.25, 0.3) is 5.91 Å². The van der Waals surface area contributed by atoms with E-state index in [0.29, 0.717) is 6.54 Å². The molecule has 2 aromatic rings. The van der Waals surface area contributed by atoms with E-state index < -0.39 is 0 Å². The summed E-state index contributed by atoms with van der Waals surface area (Å²) in [5.41, 5.74) is 1.06. The standard InChI is InChI=1S/C16H15N3OS/c1-2-14-3-4-15(21-14)9-13(10-17)16(20)19-11-12-5-7-18-8-6-12/h3-9H,2,11H2,1H3,(H,19,20)/b13-9+. The number of aryl methyl sites for hydroxylation is 1. The number of hydrogen-bond donors (Lipinski definition) is 1. The van der Waals surface area contributed by atoms with E-state index in [2.05, 4.69) is 17.2 Å². The smallest absolute Gasteiger partial charge is 0.262 e. The van der Waals surface area contributed by atoms with Crippen LogP contribution in [0.5, 0.6) is 0 Å². The first-order valence-electron chi connectivity index (χ1n) is 6.60. The topological polar surface area (TPSA) is 65.8 Å². The van der Waals surface area contributed by atoms with Crippen LogP contribution in [0.25, 0.3) is 6.08 Å².